The van der Waals surface area contributed by atoms with E-state index in [0.29, 0.717) is 0 Å². The first-order valence-electron chi connectivity index (χ1n) is 9.61. The minimum atomic E-state index is 0.803. The van der Waals surface area contributed by atoms with Crippen molar-refractivity contribution in [2.45, 2.75) is 31.2 Å². The lowest BCUT2D eigenvalue weighted by molar-refractivity contribution is 0.152. The highest BCUT2D eigenvalue weighted by molar-refractivity contribution is 7.98. The van der Waals surface area contributed by atoms with Crippen molar-refractivity contribution >= 4 is 17.7 Å². The molecule has 0 aromatic heterocycles. The highest BCUT2D eigenvalue weighted by atomic mass is 32.2. The van der Waals surface area contributed by atoms with Gasteiger partial charge in [-0.05, 0) is 56.8 Å². The van der Waals surface area contributed by atoms with E-state index in [1.54, 1.807) is 11.8 Å². The molecule has 5 nitrogen and oxygen atoms in total. The standard InChI is InChI=1S/C20H35N5S/c1-17-7-8-18(19(15-17)26-4)16-23-20(21-2)22-9-5-6-10-25-13-11-24(3)12-14-25/h7-8,15H,5-6,9-14,16H2,1-4H3,(H2,21,22,23). The van der Waals surface area contributed by atoms with Crippen molar-refractivity contribution in [3.8, 4) is 0 Å². The highest BCUT2D eigenvalue weighted by Gasteiger charge is 2.12. The summed E-state index contributed by atoms with van der Waals surface area (Å²) in [5.74, 6) is 0.886. The Morgan fingerprint density at radius 2 is 1.92 bits per heavy atom. The molecule has 0 amide bonds. The summed E-state index contributed by atoms with van der Waals surface area (Å²) in [5.41, 5.74) is 2.63. The molecule has 26 heavy (non-hydrogen) atoms. The summed E-state index contributed by atoms with van der Waals surface area (Å²) < 4.78 is 0. The number of aliphatic imine (C=N–C) groups is 1. The van der Waals surface area contributed by atoms with Crippen LogP contribution in [-0.4, -0.2) is 75.4 Å². The Kier molecular flexibility index (Phi) is 9.29. The number of thioether (sulfide) groups is 1. The maximum Gasteiger partial charge on any atom is 0.191 e. The zero-order valence-electron chi connectivity index (χ0n) is 16.8. The van der Waals surface area contributed by atoms with Gasteiger partial charge in [-0.25, -0.2) is 0 Å². The third-order valence-electron chi connectivity index (χ3n) is 4.90. The van der Waals surface area contributed by atoms with Crippen molar-refractivity contribution in [2.75, 3.05) is 59.6 Å². The molecule has 0 aliphatic carbocycles. The Labute approximate surface area is 163 Å². The fraction of sp³-hybridized carbons (Fsp3) is 0.650. The molecule has 1 aromatic carbocycles. The van der Waals surface area contributed by atoms with Gasteiger partial charge in [0, 0.05) is 51.2 Å². The van der Waals surface area contributed by atoms with Crippen molar-refractivity contribution in [3.05, 3.63) is 29.3 Å². The number of guanidine groups is 1. The number of rotatable bonds is 8. The van der Waals surface area contributed by atoms with Crippen LogP contribution in [0.5, 0.6) is 0 Å². The molecule has 1 saturated heterocycles. The number of nitrogens with one attached hydrogen (secondary N) is 2. The number of hydrogen-bond acceptors (Lipinski definition) is 4. The Balaban J connectivity index is 1.63. The molecule has 0 atom stereocenters. The van der Waals surface area contributed by atoms with Crippen LogP contribution in [0.15, 0.2) is 28.1 Å². The summed E-state index contributed by atoms with van der Waals surface area (Å²) in [6.07, 6.45) is 4.54. The van der Waals surface area contributed by atoms with E-state index in [-0.39, 0.29) is 0 Å². The SMILES string of the molecule is CN=C(NCCCCN1CCN(C)CC1)NCc1ccc(C)cc1SC. The quantitative estimate of drug-likeness (QED) is 0.315. The van der Waals surface area contributed by atoms with Crippen LogP contribution in [0.1, 0.15) is 24.0 Å². The monoisotopic (exact) mass is 377 g/mol. The lowest BCUT2D eigenvalue weighted by atomic mass is 10.1. The van der Waals surface area contributed by atoms with Gasteiger partial charge in [0.25, 0.3) is 0 Å². The first kappa shape index (κ1) is 21.1. The van der Waals surface area contributed by atoms with Crippen molar-refractivity contribution in [1.29, 1.82) is 0 Å². The van der Waals surface area contributed by atoms with E-state index in [1.807, 2.05) is 7.05 Å². The van der Waals surface area contributed by atoms with Crippen LogP contribution in [0.25, 0.3) is 0 Å². The second kappa shape index (κ2) is 11.5. The number of unbranched alkanes of at least 4 members (excludes halogenated alkanes) is 1. The van der Waals surface area contributed by atoms with Gasteiger partial charge >= 0.3 is 0 Å². The average Bonchev–Trinajstić information content (AvgIpc) is 2.66. The van der Waals surface area contributed by atoms with Crippen LogP contribution >= 0.6 is 11.8 Å². The number of aryl methyl sites for hydroxylation is 1. The Morgan fingerprint density at radius 1 is 1.15 bits per heavy atom. The molecule has 146 valence electrons. The fourth-order valence-electron chi connectivity index (χ4n) is 3.14. The predicted molar refractivity (Wildman–Crippen MR) is 114 cm³/mol. The smallest absolute Gasteiger partial charge is 0.191 e. The minimum Gasteiger partial charge on any atom is -0.356 e. The lowest BCUT2D eigenvalue weighted by Gasteiger charge is -2.32. The molecule has 0 radical (unpaired) electrons. The van der Waals surface area contributed by atoms with E-state index in [9.17, 15) is 0 Å². The summed E-state index contributed by atoms with van der Waals surface area (Å²) in [4.78, 5) is 10.7. The molecule has 1 heterocycles. The van der Waals surface area contributed by atoms with Crippen LogP contribution < -0.4 is 10.6 Å². The molecule has 0 saturated carbocycles. The summed E-state index contributed by atoms with van der Waals surface area (Å²) in [5, 5.41) is 6.87. The maximum absolute atomic E-state index is 4.34. The molecule has 0 unspecified atom stereocenters. The van der Waals surface area contributed by atoms with Gasteiger partial charge < -0.3 is 20.4 Å². The second-order valence-electron chi connectivity index (χ2n) is 7.02. The minimum absolute atomic E-state index is 0.803. The van der Waals surface area contributed by atoms with E-state index in [0.717, 1.165) is 19.0 Å². The normalized spacial score (nSPS) is 16.7. The Bertz CT molecular complexity index is 567. The summed E-state index contributed by atoms with van der Waals surface area (Å²) >= 11 is 1.80. The Morgan fingerprint density at radius 3 is 2.62 bits per heavy atom. The molecule has 0 bridgehead atoms. The molecule has 1 aliphatic rings. The average molecular weight is 378 g/mol. The fourth-order valence-corrected chi connectivity index (χ4v) is 3.84. The molecular formula is C20H35N5S. The molecular weight excluding hydrogens is 342 g/mol. The van der Waals surface area contributed by atoms with Crippen LogP contribution in [0.4, 0.5) is 0 Å². The molecule has 1 fully saturated rings. The third-order valence-corrected chi connectivity index (χ3v) is 5.72. The molecule has 0 spiro atoms. The third kappa shape index (κ3) is 7.17. The molecule has 6 heteroatoms. The van der Waals surface area contributed by atoms with E-state index in [2.05, 4.69) is 63.9 Å². The number of benzene rings is 1. The van der Waals surface area contributed by atoms with E-state index < -0.39 is 0 Å². The molecule has 2 rings (SSSR count). The van der Waals surface area contributed by atoms with E-state index in [4.69, 9.17) is 0 Å². The van der Waals surface area contributed by atoms with Crippen molar-refractivity contribution in [1.82, 2.24) is 20.4 Å². The number of nitrogens with zero attached hydrogens (tertiary/aromatic N) is 3. The topological polar surface area (TPSA) is 42.9 Å². The maximum atomic E-state index is 4.34. The first-order chi connectivity index (χ1) is 12.6. The number of piperazine rings is 1. The predicted octanol–water partition coefficient (Wildman–Crippen LogP) is 2.41. The highest BCUT2D eigenvalue weighted by Crippen LogP contribution is 2.21. The van der Waals surface area contributed by atoms with Crippen molar-refractivity contribution < 1.29 is 0 Å². The zero-order valence-corrected chi connectivity index (χ0v) is 17.7. The molecule has 1 aromatic rings. The van der Waals surface area contributed by atoms with Crippen LogP contribution in [-0.2, 0) is 6.54 Å². The van der Waals surface area contributed by atoms with E-state index in [1.165, 1.54) is 61.6 Å². The molecule has 1 aliphatic heterocycles. The van der Waals surface area contributed by atoms with Gasteiger partial charge in [0.15, 0.2) is 5.96 Å². The Hall–Kier alpha value is -1.24. The van der Waals surface area contributed by atoms with Crippen LogP contribution in [0, 0.1) is 6.92 Å². The van der Waals surface area contributed by atoms with Gasteiger partial charge in [0.05, 0.1) is 0 Å². The van der Waals surface area contributed by atoms with Crippen molar-refractivity contribution in [2.24, 2.45) is 4.99 Å². The lowest BCUT2D eigenvalue weighted by Crippen LogP contribution is -2.44. The zero-order chi connectivity index (χ0) is 18.8. The van der Waals surface area contributed by atoms with Gasteiger partial charge in [-0.1, -0.05) is 12.1 Å². The number of hydrogen-bond donors (Lipinski definition) is 2. The van der Waals surface area contributed by atoms with Gasteiger partial charge in [-0.15, -0.1) is 11.8 Å². The van der Waals surface area contributed by atoms with E-state index >= 15 is 0 Å². The van der Waals surface area contributed by atoms with Gasteiger partial charge in [-0.3, -0.25) is 4.99 Å². The van der Waals surface area contributed by atoms with Gasteiger partial charge in [0.2, 0.25) is 0 Å². The molecule has 2 N–H and O–H groups in total. The van der Waals surface area contributed by atoms with Crippen LogP contribution in [0.2, 0.25) is 0 Å². The number of likely N-dealkylation sites (N-methyl/N-ethyl adjacent to an activating group) is 1. The van der Waals surface area contributed by atoms with Gasteiger partial charge in [-0.2, -0.15) is 0 Å². The second-order valence-corrected chi connectivity index (χ2v) is 7.87. The van der Waals surface area contributed by atoms with Crippen molar-refractivity contribution in [3.63, 3.8) is 0 Å². The summed E-state index contributed by atoms with van der Waals surface area (Å²) in [7, 11) is 4.04. The first-order valence-corrected chi connectivity index (χ1v) is 10.8. The largest absolute Gasteiger partial charge is 0.356 e. The van der Waals surface area contributed by atoms with Crippen LogP contribution in [0.3, 0.4) is 0 Å². The summed E-state index contributed by atoms with van der Waals surface area (Å²) in [6.45, 7) is 9.94. The van der Waals surface area contributed by atoms with Gasteiger partial charge in [0.1, 0.15) is 0 Å². The summed E-state index contributed by atoms with van der Waals surface area (Å²) in [6, 6.07) is 6.62.